The Bertz CT molecular complexity index is 1120. The van der Waals surface area contributed by atoms with Crippen molar-refractivity contribution in [2.24, 2.45) is 0 Å². The number of nitrogens with zero attached hydrogens (tertiary/aromatic N) is 3. The second-order valence-corrected chi connectivity index (χ2v) is 7.03. The van der Waals surface area contributed by atoms with Crippen molar-refractivity contribution in [2.45, 2.75) is 19.9 Å². The number of aryl methyl sites for hydroxylation is 1. The number of amides is 1. The number of nitrogens with one attached hydrogen (secondary N) is 2. The zero-order chi connectivity index (χ0) is 21.3. The van der Waals surface area contributed by atoms with E-state index in [0.717, 1.165) is 11.1 Å². The van der Waals surface area contributed by atoms with Crippen LogP contribution in [0.15, 0.2) is 60.1 Å². The van der Waals surface area contributed by atoms with Gasteiger partial charge in [0, 0.05) is 11.8 Å². The molecule has 30 heavy (non-hydrogen) atoms. The minimum absolute atomic E-state index is 0.265. The molecule has 1 aliphatic heterocycles. The highest BCUT2D eigenvalue weighted by molar-refractivity contribution is 6.06. The summed E-state index contributed by atoms with van der Waals surface area (Å²) in [6.07, 6.45) is 1.47. The normalized spacial score (nSPS) is 15.3. The number of methoxy groups -OCH3 is 2. The van der Waals surface area contributed by atoms with E-state index in [9.17, 15) is 4.79 Å². The molecule has 8 heteroatoms. The van der Waals surface area contributed by atoms with Gasteiger partial charge in [0.1, 0.15) is 23.9 Å². The third-order valence-corrected chi connectivity index (χ3v) is 5.09. The number of ether oxygens (including phenoxy) is 2. The fraction of sp³-hybridized carbons (Fsp3) is 0.227. The number of carbonyl (C=O) groups is 1. The molecule has 0 aliphatic carbocycles. The third-order valence-electron chi connectivity index (χ3n) is 5.09. The number of carbonyl (C=O) groups excluding carboxylic acids is 1. The highest BCUT2D eigenvalue weighted by Gasteiger charge is 2.33. The quantitative estimate of drug-likeness (QED) is 0.675. The van der Waals surface area contributed by atoms with Crippen LogP contribution in [0.4, 0.5) is 11.6 Å². The van der Waals surface area contributed by atoms with Crippen LogP contribution >= 0.6 is 0 Å². The Labute approximate surface area is 174 Å². The van der Waals surface area contributed by atoms with Gasteiger partial charge in [-0.15, -0.1) is 0 Å². The van der Waals surface area contributed by atoms with Crippen LogP contribution in [0.25, 0.3) is 0 Å². The Kier molecular flexibility index (Phi) is 5.14. The molecular formula is C22H23N5O3. The molecule has 0 saturated heterocycles. The van der Waals surface area contributed by atoms with Crippen LogP contribution in [0.1, 0.15) is 24.1 Å². The van der Waals surface area contributed by atoms with E-state index in [1.165, 1.54) is 6.33 Å². The van der Waals surface area contributed by atoms with Crippen molar-refractivity contribution in [3.05, 3.63) is 71.2 Å². The number of aromatic nitrogens is 3. The second-order valence-electron chi connectivity index (χ2n) is 7.03. The van der Waals surface area contributed by atoms with E-state index in [1.54, 1.807) is 37.1 Å². The molecule has 0 spiro atoms. The average Bonchev–Trinajstić information content (AvgIpc) is 3.21. The van der Waals surface area contributed by atoms with Gasteiger partial charge < -0.3 is 20.1 Å². The minimum Gasteiger partial charge on any atom is -0.497 e. The van der Waals surface area contributed by atoms with Gasteiger partial charge in [0.2, 0.25) is 5.95 Å². The van der Waals surface area contributed by atoms with E-state index >= 15 is 0 Å². The summed E-state index contributed by atoms with van der Waals surface area (Å²) in [7, 11) is 3.13. The Morgan fingerprint density at radius 2 is 1.87 bits per heavy atom. The van der Waals surface area contributed by atoms with Crippen LogP contribution in [0.2, 0.25) is 0 Å². The first-order valence-electron chi connectivity index (χ1n) is 9.49. The minimum atomic E-state index is -0.416. The van der Waals surface area contributed by atoms with E-state index in [0.29, 0.717) is 34.4 Å². The number of anilines is 2. The smallest absolute Gasteiger partial charge is 0.255 e. The van der Waals surface area contributed by atoms with Gasteiger partial charge in [-0.3, -0.25) is 4.79 Å². The molecule has 0 radical (unpaired) electrons. The number of allylic oxidation sites excluding steroid dienone is 1. The standard InChI is InChI=1S/C22H23N5O3/c1-13-5-7-15(8-6-13)20-19(14(2)25-22-23-12-24-27(20)22)21(28)26-17-11-16(29-3)9-10-18(17)30-4/h5-12,20H,1-4H3,(H,26,28)(H,23,24,25). The number of hydrogen-bond acceptors (Lipinski definition) is 6. The largest absolute Gasteiger partial charge is 0.497 e. The van der Waals surface area contributed by atoms with Crippen LogP contribution in [0, 0.1) is 6.92 Å². The van der Waals surface area contributed by atoms with Crippen LogP contribution in [-0.2, 0) is 4.79 Å². The maximum Gasteiger partial charge on any atom is 0.255 e. The SMILES string of the molecule is COc1ccc(OC)c(NC(=O)C2=C(C)Nc3ncnn3C2c2ccc(C)cc2)c1. The number of rotatable bonds is 5. The van der Waals surface area contributed by atoms with Gasteiger partial charge in [0.15, 0.2) is 0 Å². The number of hydrogen-bond donors (Lipinski definition) is 2. The van der Waals surface area contributed by atoms with Crippen molar-refractivity contribution < 1.29 is 14.3 Å². The monoisotopic (exact) mass is 405 g/mol. The fourth-order valence-electron chi connectivity index (χ4n) is 3.54. The van der Waals surface area contributed by atoms with Gasteiger partial charge in [0.25, 0.3) is 5.91 Å². The van der Waals surface area contributed by atoms with Gasteiger partial charge in [-0.1, -0.05) is 29.8 Å². The fourth-order valence-corrected chi connectivity index (χ4v) is 3.54. The maximum atomic E-state index is 13.5. The lowest BCUT2D eigenvalue weighted by molar-refractivity contribution is -0.113. The van der Waals surface area contributed by atoms with Crippen molar-refractivity contribution in [3.8, 4) is 11.5 Å². The molecule has 1 aliphatic rings. The molecule has 2 heterocycles. The molecule has 0 saturated carbocycles. The topological polar surface area (TPSA) is 90.3 Å². The van der Waals surface area contributed by atoms with Crippen molar-refractivity contribution in [1.29, 1.82) is 0 Å². The molecule has 1 unspecified atom stereocenters. The van der Waals surface area contributed by atoms with E-state index in [1.807, 2.05) is 38.1 Å². The Balaban J connectivity index is 1.75. The summed E-state index contributed by atoms with van der Waals surface area (Å²) in [6.45, 7) is 3.88. The molecule has 1 amide bonds. The number of benzene rings is 2. The Morgan fingerprint density at radius 1 is 1.10 bits per heavy atom. The lowest BCUT2D eigenvalue weighted by Gasteiger charge is -2.29. The van der Waals surface area contributed by atoms with Crippen LogP contribution in [0.3, 0.4) is 0 Å². The molecule has 8 nitrogen and oxygen atoms in total. The molecule has 154 valence electrons. The summed E-state index contributed by atoms with van der Waals surface area (Å²) >= 11 is 0. The van der Waals surface area contributed by atoms with E-state index in [2.05, 4.69) is 20.7 Å². The van der Waals surface area contributed by atoms with E-state index in [-0.39, 0.29) is 5.91 Å². The maximum absolute atomic E-state index is 13.5. The van der Waals surface area contributed by atoms with Crippen molar-refractivity contribution in [3.63, 3.8) is 0 Å². The predicted molar refractivity (Wildman–Crippen MR) is 114 cm³/mol. The van der Waals surface area contributed by atoms with Gasteiger partial charge in [-0.25, -0.2) is 4.68 Å². The van der Waals surface area contributed by atoms with Crippen molar-refractivity contribution in [1.82, 2.24) is 14.8 Å². The highest BCUT2D eigenvalue weighted by atomic mass is 16.5. The summed E-state index contributed by atoms with van der Waals surface area (Å²) in [5.74, 6) is 1.48. The molecule has 1 atom stereocenters. The zero-order valence-corrected chi connectivity index (χ0v) is 17.3. The first-order chi connectivity index (χ1) is 14.5. The van der Waals surface area contributed by atoms with E-state index in [4.69, 9.17) is 9.47 Å². The summed E-state index contributed by atoms with van der Waals surface area (Å²) < 4.78 is 12.4. The van der Waals surface area contributed by atoms with Gasteiger partial charge in [0.05, 0.1) is 25.5 Å². The molecule has 0 fully saturated rings. The van der Waals surface area contributed by atoms with Gasteiger partial charge >= 0.3 is 0 Å². The summed E-state index contributed by atoms with van der Waals surface area (Å²) in [5, 5.41) is 10.5. The van der Waals surface area contributed by atoms with Crippen LogP contribution in [-0.4, -0.2) is 34.9 Å². The first-order valence-corrected chi connectivity index (χ1v) is 9.49. The van der Waals surface area contributed by atoms with Crippen molar-refractivity contribution in [2.75, 3.05) is 24.9 Å². The average molecular weight is 405 g/mol. The first kappa shape index (κ1) is 19.5. The molecule has 4 rings (SSSR count). The van der Waals surface area contributed by atoms with Crippen LogP contribution in [0.5, 0.6) is 11.5 Å². The number of fused-ring (bicyclic) bond motifs is 1. The lowest BCUT2D eigenvalue weighted by Crippen LogP contribution is -2.31. The van der Waals surface area contributed by atoms with E-state index < -0.39 is 6.04 Å². The lowest BCUT2D eigenvalue weighted by atomic mass is 9.94. The van der Waals surface area contributed by atoms with Gasteiger partial charge in [-0.05, 0) is 31.5 Å². The summed E-state index contributed by atoms with van der Waals surface area (Å²) in [4.78, 5) is 17.7. The molecule has 3 aromatic rings. The molecule has 2 N–H and O–H groups in total. The Morgan fingerprint density at radius 3 is 2.57 bits per heavy atom. The zero-order valence-electron chi connectivity index (χ0n) is 17.3. The molecule has 2 aromatic carbocycles. The third kappa shape index (κ3) is 3.47. The molecule has 1 aromatic heterocycles. The predicted octanol–water partition coefficient (Wildman–Crippen LogP) is 3.53. The molecular weight excluding hydrogens is 382 g/mol. The van der Waals surface area contributed by atoms with Gasteiger partial charge in [-0.2, -0.15) is 10.1 Å². The highest BCUT2D eigenvalue weighted by Crippen LogP contribution is 2.36. The molecule has 0 bridgehead atoms. The summed E-state index contributed by atoms with van der Waals surface area (Å²) in [5.41, 5.74) is 3.85. The Hall–Kier alpha value is -3.81. The second kappa shape index (κ2) is 7.90. The summed E-state index contributed by atoms with van der Waals surface area (Å²) in [6, 6.07) is 12.9. The van der Waals surface area contributed by atoms with Crippen molar-refractivity contribution >= 4 is 17.5 Å². The van der Waals surface area contributed by atoms with Crippen LogP contribution < -0.4 is 20.1 Å².